The first-order valence-electron chi connectivity index (χ1n) is 10.8. The second-order valence-corrected chi connectivity index (χ2v) is 10.1. The van der Waals surface area contributed by atoms with E-state index in [2.05, 4.69) is 35.4 Å². The number of carboxylic acids is 1. The van der Waals surface area contributed by atoms with Crippen molar-refractivity contribution in [2.75, 3.05) is 6.26 Å². The minimum Gasteiger partial charge on any atom is -0.612 e. The van der Waals surface area contributed by atoms with E-state index in [0.29, 0.717) is 12.4 Å². The maximum Gasteiger partial charge on any atom is 0.304 e. The molecule has 1 N–H and O–H groups in total. The van der Waals surface area contributed by atoms with Crippen molar-refractivity contribution in [1.29, 1.82) is 0 Å². The second-order valence-electron chi connectivity index (χ2n) is 7.83. The van der Waals surface area contributed by atoms with Crippen LogP contribution in [0.15, 0.2) is 77.0 Å². The summed E-state index contributed by atoms with van der Waals surface area (Å²) in [4.78, 5) is 11.9. The van der Waals surface area contributed by atoms with Crippen molar-refractivity contribution >= 4 is 38.6 Å². The zero-order chi connectivity index (χ0) is 24.1. The number of carbonyl (C=O) groups is 1. The molecule has 172 valence electrons. The molecule has 4 rings (SSSR count). The molecule has 0 saturated heterocycles. The average molecular weight is 489 g/mol. The Morgan fingerprint density at radius 2 is 1.88 bits per heavy atom. The van der Waals surface area contributed by atoms with Gasteiger partial charge in [0.15, 0.2) is 4.90 Å². The van der Waals surface area contributed by atoms with Gasteiger partial charge >= 0.3 is 5.97 Å². The van der Waals surface area contributed by atoms with Crippen molar-refractivity contribution in [3.63, 3.8) is 0 Å². The Hall–Kier alpha value is -3.24. The molecule has 4 nitrogen and oxygen atoms in total. The summed E-state index contributed by atoms with van der Waals surface area (Å²) < 4.78 is 19.4. The maximum absolute atomic E-state index is 12.2. The van der Waals surface area contributed by atoms with Crippen LogP contribution in [-0.2, 0) is 22.6 Å². The Bertz CT molecular complexity index is 1360. The van der Waals surface area contributed by atoms with E-state index >= 15 is 0 Å². The molecule has 2 atom stereocenters. The minimum absolute atomic E-state index is 0.0290. The van der Waals surface area contributed by atoms with E-state index in [9.17, 15) is 9.35 Å². The molecule has 0 aliphatic rings. The fourth-order valence-electron chi connectivity index (χ4n) is 3.88. The molecule has 0 radical (unpaired) electrons. The van der Waals surface area contributed by atoms with Gasteiger partial charge in [0.1, 0.15) is 18.6 Å². The number of rotatable bonds is 8. The summed E-state index contributed by atoms with van der Waals surface area (Å²) >= 11 is 0.599. The Kier molecular flexibility index (Phi) is 7.59. The molecule has 4 aromatic rings. The van der Waals surface area contributed by atoms with Gasteiger partial charge in [-0.25, -0.2) is 0 Å². The summed E-state index contributed by atoms with van der Waals surface area (Å²) in [5, 5.41) is 12.4. The van der Waals surface area contributed by atoms with Crippen LogP contribution in [0, 0.1) is 11.8 Å². The molecule has 1 aromatic heterocycles. The van der Waals surface area contributed by atoms with Crippen molar-refractivity contribution in [3.8, 4) is 28.7 Å². The van der Waals surface area contributed by atoms with Crippen molar-refractivity contribution in [2.24, 2.45) is 0 Å². The molecule has 0 fully saturated rings. The second kappa shape index (κ2) is 10.8. The Morgan fingerprint density at radius 1 is 1.12 bits per heavy atom. The molecule has 0 amide bonds. The highest BCUT2D eigenvalue weighted by Crippen LogP contribution is 2.37. The van der Waals surface area contributed by atoms with Crippen LogP contribution in [0.25, 0.3) is 21.2 Å². The summed E-state index contributed by atoms with van der Waals surface area (Å²) in [6.45, 7) is 2.11. The van der Waals surface area contributed by atoms with Gasteiger partial charge in [0.25, 0.3) is 0 Å². The van der Waals surface area contributed by atoms with E-state index in [1.165, 1.54) is 4.70 Å². The Balaban J connectivity index is 1.53. The molecule has 2 unspecified atom stereocenters. The number of hydrogen-bond donors (Lipinski definition) is 1. The molecule has 0 aliphatic carbocycles. The zero-order valence-corrected chi connectivity index (χ0v) is 20.5. The topological polar surface area (TPSA) is 69.6 Å². The summed E-state index contributed by atoms with van der Waals surface area (Å²) in [5.74, 6) is 5.27. The maximum atomic E-state index is 12.2. The number of ether oxygens (including phenoxy) is 1. The summed E-state index contributed by atoms with van der Waals surface area (Å²) in [6.07, 6.45) is 1.68. The molecule has 6 heteroatoms. The van der Waals surface area contributed by atoms with Crippen LogP contribution in [0.4, 0.5) is 0 Å². The lowest BCUT2D eigenvalue weighted by Crippen LogP contribution is -2.04. The van der Waals surface area contributed by atoms with E-state index in [1.54, 1.807) is 24.5 Å². The molecule has 34 heavy (non-hydrogen) atoms. The van der Waals surface area contributed by atoms with Crippen molar-refractivity contribution in [2.45, 2.75) is 30.8 Å². The monoisotopic (exact) mass is 488 g/mol. The van der Waals surface area contributed by atoms with Crippen molar-refractivity contribution in [1.82, 2.24) is 0 Å². The van der Waals surface area contributed by atoms with E-state index in [4.69, 9.17) is 9.84 Å². The number of hydrogen-bond acceptors (Lipinski definition) is 4. The number of carboxylic acid groups (broad SMARTS) is 1. The number of benzene rings is 3. The van der Waals surface area contributed by atoms with Gasteiger partial charge in [-0.3, -0.25) is 4.79 Å². The molecule has 0 aliphatic heterocycles. The molecule has 0 bridgehead atoms. The van der Waals surface area contributed by atoms with Gasteiger partial charge in [0.05, 0.1) is 12.3 Å². The lowest BCUT2D eigenvalue weighted by Gasteiger charge is -2.11. The molecule has 3 aromatic carbocycles. The average Bonchev–Trinajstić information content (AvgIpc) is 3.25. The zero-order valence-electron chi connectivity index (χ0n) is 18.9. The predicted molar refractivity (Wildman–Crippen MR) is 139 cm³/mol. The first-order valence-corrected chi connectivity index (χ1v) is 13.2. The predicted octanol–water partition coefficient (Wildman–Crippen LogP) is 6.47. The van der Waals surface area contributed by atoms with Crippen LogP contribution in [-0.4, -0.2) is 21.9 Å². The third-order valence-corrected chi connectivity index (χ3v) is 7.45. The van der Waals surface area contributed by atoms with Crippen LogP contribution in [0.3, 0.4) is 0 Å². The lowest BCUT2D eigenvalue weighted by molar-refractivity contribution is -0.137. The Morgan fingerprint density at radius 3 is 2.59 bits per heavy atom. The van der Waals surface area contributed by atoms with E-state index in [1.807, 2.05) is 48.5 Å². The van der Waals surface area contributed by atoms with E-state index in [0.717, 1.165) is 32.5 Å². The van der Waals surface area contributed by atoms with Gasteiger partial charge < -0.3 is 14.4 Å². The van der Waals surface area contributed by atoms with Gasteiger partial charge in [-0.15, -0.1) is 17.3 Å². The smallest absolute Gasteiger partial charge is 0.304 e. The molecule has 0 saturated carbocycles. The SMILES string of the molecule is CC#CC(CC(=O)O)c1ccc(OCc2ccc3scc(-c4ccccc4[S+](C)[O-])c3c2)cc1. The van der Waals surface area contributed by atoms with Crippen molar-refractivity contribution in [3.05, 3.63) is 83.2 Å². The minimum atomic E-state index is -1.07. The van der Waals surface area contributed by atoms with Gasteiger partial charge in [0.2, 0.25) is 0 Å². The largest absolute Gasteiger partial charge is 0.612 e. The van der Waals surface area contributed by atoms with Crippen LogP contribution in [0.2, 0.25) is 0 Å². The number of fused-ring (bicyclic) bond motifs is 1. The lowest BCUT2D eigenvalue weighted by atomic mass is 9.96. The molecule has 1 heterocycles. The van der Waals surface area contributed by atoms with Gasteiger partial charge in [0, 0.05) is 21.2 Å². The molecular weight excluding hydrogens is 464 g/mol. The van der Waals surface area contributed by atoms with Crippen LogP contribution >= 0.6 is 11.3 Å². The van der Waals surface area contributed by atoms with Gasteiger partial charge in [-0.1, -0.05) is 36.3 Å². The summed E-state index contributed by atoms with van der Waals surface area (Å²) in [5.41, 5.74) is 3.97. The van der Waals surface area contributed by atoms with Crippen LogP contribution in [0.5, 0.6) is 5.75 Å². The highest BCUT2D eigenvalue weighted by molar-refractivity contribution is 7.90. The van der Waals surface area contributed by atoms with Crippen molar-refractivity contribution < 1.29 is 19.2 Å². The van der Waals surface area contributed by atoms with Crippen LogP contribution < -0.4 is 4.74 Å². The van der Waals surface area contributed by atoms with Gasteiger partial charge in [-0.2, -0.15) is 0 Å². The standard InChI is InChI=1S/C28H24O4S2/c1-3-6-21(16-28(29)30)20-10-12-22(13-11-20)32-17-19-9-14-26-24(15-19)25(18-33-26)23-7-4-5-8-27(23)34(2)31/h4-5,7-15,18,21H,16-17H2,1-2H3,(H,29,30). The number of thiophene rings is 1. The third-order valence-electron chi connectivity index (χ3n) is 5.51. The summed E-state index contributed by atoms with van der Waals surface area (Å²) in [7, 11) is 0. The third kappa shape index (κ3) is 5.45. The first-order chi connectivity index (χ1) is 16.5. The van der Waals surface area contributed by atoms with Crippen LogP contribution in [0.1, 0.15) is 30.4 Å². The Labute approximate surface area is 206 Å². The number of aliphatic carboxylic acids is 1. The van der Waals surface area contributed by atoms with E-state index in [-0.39, 0.29) is 12.3 Å². The highest BCUT2D eigenvalue weighted by atomic mass is 32.2. The highest BCUT2D eigenvalue weighted by Gasteiger charge is 2.17. The van der Waals surface area contributed by atoms with Gasteiger partial charge in [-0.05, 0) is 71.0 Å². The normalized spacial score (nSPS) is 12.6. The quantitative estimate of drug-likeness (QED) is 0.228. The summed E-state index contributed by atoms with van der Waals surface area (Å²) in [6, 6.07) is 21.5. The fourth-order valence-corrected chi connectivity index (χ4v) is 5.58. The molecule has 0 spiro atoms. The first kappa shape index (κ1) is 23.9. The fraction of sp³-hybridized carbons (Fsp3) is 0.179. The molecular formula is C28H24O4S2. The van der Waals surface area contributed by atoms with E-state index < -0.39 is 17.1 Å².